The molecule has 82 valence electrons. The van der Waals surface area contributed by atoms with Gasteiger partial charge in [0, 0.05) is 13.6 Å². The number of unbranched alkanes of at least 4 members (excludes halogenated alkanes) is 1. The first kappa shape index (κ1) is 13.1. The molecule has 1 atom stereocenters. The maximum Gasteiger partial charge on any atom is 0.236 e. The first-order chi connectivity index (χ1) is 6.76. The summed E-state index contributed by atoms with van der Waals surface area (Å²) in [4.78, 5) is 15.4. The van der Waals surface area contributed by atoms with Crippen LogP contribution >= 0.6 is 0 Å². The molecule has 0 radical (unpaired) electrons. The third-order valence-corrected chi connectivity index (χ3v) is 2.12. The monoisotopic (exact) mass is 199 g/mol. The number of carbonyl (C=O) groups excluding carboxylic acids is 1. The van der Waals surface area contributed by atoms with Crippen LogP contribution in [0.3, 0.4) is 0 Å². The summed E-state index contributed by atoms with van der Waals surface area (Å²) in [6.07, 6.45) is 4.75. The zero-order valence-corrected chi connectivity index (χ0v) is 9.34. The van der Waals surface area contributed by atoms with E-state index in [-0.39, 0.29) is 11.9 Å². The van der Waals surface area contributed by atoms with Crippen LogP contribution in [0.1, 0.15) is 26.2 Å². The number of likely N-dealkylation sites (N-methyl/N-ethyl adjacent to an activating group) is 2. The minimum absolute atomic E-state index is 0.0616. The zero-order chi connectivity index (χ0) is 10.8. The van der Waals surface area contributed by atoms with Crippen LogP contribution < -0.4 is 10.6 Å². The highest BCUT2D eigenvalue weighted by atomic mass is 16.2. The Balaban J connectivity index is 3.57. The molecule has 4 heteroatoms. The summed E-state index contributed by atoms with van der Waals surface area (Å²) in [6, 6.07) is -0.0643. The zero-order valence-electron chi connectivity index (χ0n) is 9.34. The summed E-state index contributed by atoms with van der Waals surface area (Å²) < 4.78 is 0. The molecule has 1 unspecified atom stereocenters. The summed E-state index contributed by atoms with van der Waals surface area (Å²) in [5.41, 5.74) is 0. The van der Waals surface area contributed by atoms with E-state index in [0.717, 1.165) is 25.8 Å². The van der Waals surface area contributed by atoms with E-state index in [9.17, 15) is 4.79 Å². The first-order valence-electron chi connectivity index (χ1n) is 5.09. The predicted octanol–water partition coefficient (Wildman–Crippen LogP) is 0.581. The molecule has 0 aliphatic carbocycles. The number of aliphatic imine (C=N–C) groups is 1. The van der Waals surface area contributed by atoms with E-state index >= 15 is 0 Å². The van der Waals surface area contributed by atoms with Crippen LogP contribution in [-0.2, 0) is 4.79 Å². The minimum Gasteiger partial charge on any atom is -0.358 e. The van der Waals surface area contributed by atoms with Gasteiger partial charge >= 0.3 is 0 Å². The van der Waals surface area contributed by atoms with Crippen molar-refractivity contribution in [3.8, 4) is 0 Å². The molecule has 0 saturated carbocycles. The van der Waals surface area contributed by atoms with Gasteiger partial charge in [-0.05, 0) is 39.4 Å². The van der Waals surface area contributed by atoms with Crippen molar-refractivity contribution in [3.63, 3.8) is 0 Å². The van der Waals surface area contributed by atoms with Gasteiger partial charge in [-0.1, -0.05) is 0 Å². The molecule has 0 saturated heterocycles. The highest BCUT2D eigenvalue weighted by Gasteiger charge is 2.13. The number of nitrogens with one attached hydrogen (secondary N) is 2. The Labute approximate surface area is 86.2 Å². The lowest BCUT2D eigenvalue weighted by Crippen LogP contribution is -2.40. The molecule has 4 nitrogen and oxygen atoms in total. The van der Waals surface area contributed by atoms with Gasteiger partial charge in [-0.25, -0.2) is 0 Å². The van der Waals surface area contributed by atoms with Crippen LogP contribution in [0.2, 0.25) is 0 Å². The predicted molar refractivity (Wildman–Crippen MR) is 59.8 cm³/mol. The number of rotatable bonds is 7. The summed E-state index contributed by atoms with van der Waals surface area (Å²) >= 11 is 0. The smallest absolute Gasteiger partial charge is 0.236 e. The molecule has 0 rings (SSSR count). The number of nitrogens with zero attached hydrogens (tertiary/aromatic N) is 1. The molecular weight excluding hydrogens is 178 g/mol. The molecular formula is C10H21N3O. The van der Waals surface area contributed by atoms with E-state index in [4.69, 9.17) is 0 Å². The molecule has 0 fully saturated rings. The van der Waals surface area contributed by atoms with Crippen molar-refractivity contribution >= 4 is 12.1 Å². The minimum atomic E-state index is -0.0643. The third kappa shape index (κ3) is 5.70. The molecule has 2 N–H and O–H groups in total. The fourth-order valence-corrected chi connectivity index (χ4v) is 1.26. The fraction of sp³-hybridized carbons (Fsp3) is 0.800. The average Bonchev–Trinajstić information content (AvgIpc) is 2.22. The Morgan fingerprint density at radius 1 is 1.43 bits per heavy atom. The summed E-state index contributed by atoms with van der Waals surface area (Å²) in [6.45, 7) is 2.78. The molecule has 1 amide bonds. The topological polar surface area (TPSA) is 53.5 Å². The average molecular weight is 199 g/mol. The summed E-state index contributed by atoms with van der Waals surface area (Å²) in [7, 11) is 3.47. The normalized spacial score (nSPS) is 13.1. The lowest BCUT2D eigenvalue weighted by molar-refractivity contribution is -0.122. The molecule has 0 aromatic heterocycles. The Morgan fingerprint density at radius 3 is 2.64 bits per heavy atom. The molecule has 0 aromatic rings. The van der Waals surface area contributed by atoms with Crippen LogP contribution in [0.15, 0.2) is 4.99 Å². The van der Waals surface area contributed by atoms with Gasteiger partial charge in [-0.2, -0.15) is 0 Å². The summed E-state index contributed by atoms with van der Waals surface area (Å²) in [5, 5.41) is 5.63. The van der Waals surface area contributed by atoms with E-state index in [1.54, 1.807) is 7.05 Å². The number of carbonyl (C=O) groups is 1. The van der Waals surface area contributed by atoms with Crippen molar-refractivity contribution < 1.29 is 4.79 Å². The van der Waals surface area contributed by atoms with E-state index in [2.05, 4.69) is 15.6 Å². The summed E-state index contributed by atoms with van der Waals surface area (Å²) in [5.74, 6) is 0.0616. The van der Waals surface area contributed by atoms with Gasteiger partial charge in [0.1, 0.15) is 0 Å². The van der Waals surface area contributed by atoms with Crippen molar-refractivity contribution in [1.29, 1.82) is 0 Å². The van der Waals surface area contributed by atoms with Crippen molar-refractivity contribution in [2.24, 2.45) is 4.99 Å². The van der Waals surface area contributed by atoms with Crippen molar-refractivity contribution in [2.75, 3.05) is 20.6 Å². The second kappa shape index (κ2) is 8.69. The Bertz CT molecular complexity index is 180. The maximum absolute atomic E-state index is 11.3. The molecule has 0 bridgehead atoms. The number of hydrogen-bond acceptors (Lipinski definition) is 3. The van der Waals surface area contributed by atoms with Crippen LogP contribution in [0.4, 0.5) is 0 Å². The Kier molecular flexibility index (Phi) is 8.13. The van der Waals surface area contributed by atoms with Gasteiger partial charge < -0.3 is 10.6 Å². The lowest BCUT2D eigenvalue weighted by atomic mass is 10.1. The van der Waals surface area contributed by atoms with Crippen LogP contribution in [0.25, 0.3) is 0 Å². The Hall–Kier alpha value is -0.900. The van der Waals surface area contributed by atoms with Crippen LogP contribution in [-0.4, -0.2) is 38.8 Å². The molecule has 0 aromatic carbocycles. The molecule has 0 spiro atoms. The fourth-order valence-electron chi connectivity index (χ4n) is 1.26. The van der Waals surface area contributed by atoms with Crippen LogP contribution in [0, 0.1) is 0 Å². The van der Waals surface area contributed by atoms with Gasteiger partial charge in [0.25, 0.3) is 0 Å². The van der Waals surface area contributed by atoms with E-state index in [1.807, 2.05) is 20.2 Å². The van der Waals surface area contributed by atoms with Crippen molar-refractivity contribution in [1.82, 2.24) is 10.6 Å². The van der Waals surface area contributed by atoms with Gasteiger partial charge in [0.2, 0.25) is 5.91 Å². The highest BCUT2D eigenvalue weighted by Crippen LogP contribution is 2.00. The van der Waals surface area contributed by atoms with Gasteiger partial charge in [0.05, 0.1) is 6.04 Å². The molecule has 0 heterocycles. The first-order valence-corrected chi connectivity index (χ1v) is 5.09. The molecule has 14 heavy (non-hydrogen) atoms. The van der Waals surface area contributed by atoms with E-state index in [1.165, 1.54) is 0 Å². The van der Waals surface area contributed by atoms with Gasteiger partial charge in [0.15, 0.2) is 0 Å². The molecule has 0 aliphatic heterocycles. The standard InChI is InChI=1S/C10H21N3O/c1-4-13-8-6-5-7-9(11-2)10(14)12-3/h4,9,11H,5-8H2,1-3H3,(H,12,14). The Morgan fingerprint density at radius 2 is 2.14 bits per heavy atom. The highest BCUT2D eigenvalue weighted by molar-refractivity contribution is 5.81. The quantitative estimate of drug-likeness (QED) is 0.465. The van der Waals surface area contributed by atoms with Crippen molar-refractivity contribution in [3.05, 3.63) is 0 Å². The van der Waals surface area contributed by atoms with Crippen LogP contribution in [0.5, 0.6) is 0 Å². The maximum atomic E-state index is 11.3. The number of amides is 1. The van der Waals surface area contributed by atoms with E-state index < -0.39 is 0 Å². The lowest BCUT2D eigenvalue weighted by Gasteiger charge is -2.13. The van der Waals surface area contributed by atoms with Gasteiger partial charge in [-0.3, -0.25) is 9.79 Å². The van der Waals surface area contributed by atoms with Crippen molar-refractivity contribution in [2.45, 2.75) is 32.2 Å². The second-order valence-corrected chi connectivity index (χ2v) is 3.12. The van der Waals surface area contributed by atoms with Gasteiger partial charge in [-0.15, -0.1) is 0 Å². The number of hydrogen-bond donors (Lipinski definition) is 2. The van der Waals surface area contributed by atoms with E-state index in [0.29, 0.717) is 0 Å². The SMILES string of the molecule is CC=NCCCCC(NC)C(=O)NC. The second-order valence-electron chi connectivity index (χ2n) is 3.12. The third-order valence-electron chi connectivity index (χ3n) is 2.12. The largest absolute Gasteiger partial charge is 0.358 e. The molecule has 0 aliphatic rings.